The van der Waals surface area contributed by atoms with Gasteiger partial charge in [0.05, 0.1) is 17.8 Å². The first-order chi connectivity index (χ1) is 16.4. The number of amides is 2. The van der Waals surface area contributed by atoms with Crippen LogP contribution >= 0.6 is 11.6 Å². The maximum absolute atomic E-state index is 12.5. The Labute approximate surface area is 201 Å². The van der Waals surface area contributed by atoms with Crippen LogP contribution in [0.5, 0.6) is 0 Å². The van der Waals surface area contributed by atoms with Crippen molar-refractivity contribution in [3.63, 3.8) is 0 Å². The van der Waals surface area contributed by atoms with Gasteiger partial charge in [-0.15, -0.1) is 0 Å². The Morgan fingerprint density at radius 3 is 2.50 bits per heavy atom. The minimum Gasteiger partial charge on any atom is -0.325 e. The average Bonchev–Trinajstić information content (AvgIpc) is 2.95. The molecule has 2 heterocycles. The number of fused-ring (bicyclic) bond motifs is 3. The van der Waals surface area contributed by atoms with Gasteiger partial charge in [0.25, 0.3) is 5.91 Å². The van der Waals surface area contributed by atoms with Crippen LogP contribution in [0.4, 0.5) is 23.0 Å². The standard InChI is InChI=1S/C26H20ClN5O2/c1-15-2-7-19(8-3-15)29-25(34)16-4-9-20(10-5-16)30-26-28-14-17-12-23(33)31-22-13-18(27)6-11-21(22)24(17)32-26/h2-11,13-14H,12H2,1H3,(H,29,34)(H,31,33)(H,28,30,32). The Balaban J connectivity index is 1.35. The van der Waals surface area contributed by atoms with E-state index in [1.165, 1.54) is 0 Å². The highest BCUT2D eigenvalue weighted by molar-refractivity contribution is 6.31. The van der Waals surface area contributed by atoms with Gasteiger partial charge in [-0.3, -0.25) is 9.59 Å². The smallest absolute Gasteiger partial charge is 0.255 e. The van der Waals surface area contributed by atoms with Gasteiger partial charge in [-0.1, -0.05) is 29.3 Å². The van der Waals surface area contributed by atoms with E-state index in [1.54, 1.807) is 42.6 Å². The van der Waals surface area contributed by atoms with Crippen LogP contribution in [0.1, 0.15) is 21.5 Å². The predicted molar refractivity (Wildman–Crippen MR) is 134 cm³/mol. The van der Waals surface area contributed by atoms with Crippen molar-refractivity contribution >= 4 is 46.4 Å². The quantitative estimate of drug-likeness (QED) is 0.361. The second-order valence-electron chi connectivity index (χ2n) is 8.00. The second kappa shape index (κ2) is 8.96. The number of carbonyl (C=O) groups excluding carboxylic acids is 2. The molecule has 0 unspecified atom stereocenters. The summed E-state index contributed by atoms with van der Waals surface area (Å²) in [5.41, 5.74) is 5.91. The molecule has 0 aliphatic carbocycles. The summed E-state index contributed by atoms with van der Waals surface area (Å²) in [7, 11) is 0. The van der Waals surface area contributed by atoms with Crippen LogP contribution < -0.4 is 16.0 Å². The molecule has 4 aromatic rings. The Morgan fingerprint density at radius 2 is 1.74 bits per heavy atom. The summed E-state index contributed by atoms with van der Waals surface area (Å²) in [6.45, 7) is 2.00. The lowest BCUT2D eigenvalue weighted by molar-refractivity contribution is -0.115. The highest BCUT2D eigenvalue weighted by Gasteiger charge is 2.21. The van der Waals surface area contributed by atoms with Gasteiger partial charge in [0, 0.05) is 39.3 Å². The van der Waals surface area contributed by atoms with Crippen LogP contribution in [-0.2, 0) is 11.2 Å². The van der Waals surface area contributed by atoms with Crippen LogP contribution in [0.15, 0.2) is 72.9 Å². The first kappa shape index (κ1) is 21.6. The Morgan fingerprint density at radius 1 is 1.00 bits per heavy atom. The third-order valence-corrected chi connectivity index (χ3v) is 5.67. The number of aromatic nitrogens is 2. The Hall–Kier alpha value is -4.23. The zero-order valence-electron chi connectivity index (χ0n) is 18.2. The molecular weight excluding hydrogens is 450 g/mol. The van der Waals surface area contributed by atoms with Crippen molar-refractivity contribution in [1.29, 1.82) is 0 Å². The third-order valence-electron chi connectivity index (χ3n) is 5.44. The zero-order chi connectivity index (χ0) is 23.7. The molecule has 0 fully saturated rings. The molecule has 1 aliphatic heterocycles. The van der Waals surface area contributed by atoms with E-state index in [9.17, 15) is 9.59 Å². The van der Waals surface area contributed by atoms with Crippen molar-refractivity contribution in [2.24, 2.45) is 0 Å². The molecule has 1 aliphatic rings. The van der Waals surface area contributed by atoms with E-state index in [0.29, 0.717) is 27.9 Å². The summed E-state index contributed by atoms with van der Waals surface area (Å²) >= 11 is 6.10. The Bertz CT molecular complexity index is 1400. The molecule has 3 aromatic carbocycles. The zero-order valence-corrected chi connectivity index (χ0v) is 19.0. The van der Waals surface area contributed by atoms with Gasteiger partial charge < -0.3 is 16.0 Å². The maximum Gasteiger partial charge on any atom is 0.255 e. The lowest BCUT2D eigenvalue weighted by Gasteiger charge is -2.11. The molecule has 1 aromatic heterocycles. The van der Waals surface area contributed by atoms with E-state index in [4.69, 9.17) is 11.6 Å². The molecule has 168 valence electrons. The highest BCUT2D eigenvalue weighted by atomic mass is 35.5. The normalized spacial score (nSPS) is 12.1. The van der Waals surface area contributed by atoms with Gasteiger partial charge in [0.1, 0.15) is 0 Å². The number of nitrogens with zero attached hydrogens (tertiary/aromatic N) is 2. The molecule has 0 bridgehead atoms. The molecule has 0 radical (unpaired) electrons. The van der Waals surface area contributed by atoms with Crippen molar-refractivity contribution < 1.29 is 9.59 Å². The highest BCUT2D eigenvalue weighted by Crippen LogP contribution is 2.34. The lowest BCUT2D eigenvalue weighted by atomic mass is 10.1. The molecule has 2 amide bonds. The number of hydrogen-bond acceptors (Lipinski definition) is 5. The van der Waals surface area contributed by atoms with Crippen LogP contribution in [0.3, 0.4) is 0 Å². The van der Waals surface area contributed by atoms with Crippen LogP contribution in [0.25, 0.3) is 11.3 Å². The number of hydrogen-bond donors (Lipinski definition) is 3. The van der Waals surface area contributed by atoms with Crippen LogP contribution in [0.2, 0.25) is 5.02 Å². The second-order valence-corrected chi connectivity index (χ2v) is 8.44. The first-order valence-corrected chi connectivity index (χ1v) is 11.0. The predicted octanol–water partition coefficient (Wildman–Crippen LogP) is 5.60. The number of nitrogens with one attached hydrogen (secondary N) is 3. The number of halogens is 1. The van der Waals surface area contributed by atoms with Crippen molar-refractivity contribution in [1.82, 2.24) is 9.97 Å². The van der Waals surface area contributed by atoms with Gasteiger partial charge in [0.2, 0.25) is 11.9 Å². The first-order valence-electron chi connectivity index (χ1n) is 10.7. The summed E-state index contributed by atoms with van der Waals surface area (Å²) in [5, 5.41) is 9.45. The molecule has 34 heavy (non-hydrogen) atoms. The number of carbonyl (C=O) groups is 2. The molecule has 0 saturated heterocycles. The van der Waals surface area contributed by atoms with Crippen molar-refractivity contribution in [2.75, 3.05) is 16.0 Å². The molecule has 0 spiro atoms. The summed E-state index contributed by atoms with van der Waals surface area (Å²) in [6, 6.07) is 20.0. The number of anilines is 4. The molecule has 5 rings (SSSR count). The lowest BCUT2D eigenvalue weighted by Crippen LogP contribution is -2.12. The topological polar surface area (TPSA) is 96.0 Å². The molecule has 0 saturated carbocycles. The van der Waals surface area contributed by atoms with Gasteiger partial charge >= 0.3 is 0 Å². The van der Waals surface area contributed by atoms with Crippen molar-refractivity contribution in [2.45, 2.75) is 13.3 Å². The van der Waals surface area contributed by atoms with Gasteiger partial charge in [-0.25, -0.2) is 9.97 Å². The third kappa shape index (κ3) is 4.60. The maximum atomic E-state index is 12.5. The minimum absolute atomic E-state index is 0.147. The van der Waals surface area contributed by atoms with E-state index in [1.807, 2.05) is 37.3 Å². The number of rotatable bonds is 4. The fourth-order valence-electron chi connectivity index (χ4n) is 3.70. The van der Waals surface area contributed by atoms with E-state index in [2.05, 4.69) is 25.9 Å². The molecule has 3 N–H and O–H groups in total. The SMILES string of the molecule is Cc1ccc(NC(=O)c2ccc(Nc3ncc4c(n3)-c3ccc(Cl)cc3NC(=O)C4)cc2)cc1. The van der Waals surface area contributed by atoms with Crippen LogP contribution in [-0.4, -0.2) is 21.8 Å². The summed E-state index contributed by atoms with van der Waals surface area (Å²) in [6.07, 6.45) is 1.82. The van der Waals surface area contributed by atoms with E-state index >= 15 is 0 Å². The number of aryl methyl sites for hydroxylation is 1. The van der Waals surface area contributed by atoms with E-state index in [0.717, 1.165) is 28.1 Å². The fourth-order valence-corrected chi connectivity index (χ4v) is 3.87. The van der Waals surface area contributed by atoms with E-state index < -0.39 is 0 Å². The van der Waals surface area contributed by atoms with Crippen LogP contribution in [0, 0.1) is 6.92 Å². The fraction of sp³-hybridized carbons (Fsp3) is 0.0769. The molecular formula is C26H20ClN5O2. The molecule has 0 atom stereocenters. The minimum atomic E-state index is -0.191. The molecule has 7 nitrogen and oxygen atoms in total. The van der Waals surface area contributed by atoms with E-state index in [-0.39, 0.29) is 18.2 Å². The summed E-state index contributed by atoms with van der Waals surface area (Å²) < 4.78 is 0. The Kier molecular flexibility index (Phi) is 5.69. The monoisotopic (exact) mass is 469 g/mol. The van der Waals surface area contributed by atoms with Gasteiger partial charge in [-0.05, 0) is 61.5 Å². The largest absolute Gasteiger partial charge is 0.325 e. The van der Waals surface area contributed by atoms with Crippen molar-refractivity contribution in [3.05, 3.63) is 94.6 Å². The van der Waals surface area contributed by atoms with Gasteiger partial charge in [0.15, 0.2) is 0 Å². The van der Waals surface area contributed by atoms with Gasteiger partial charge in [-0.2, -0.15) is 0 Å². The number of benzene rings is 3. The molecule has 8 heteroatoms. The summed E-state index contributed by atoms with van der Waals surface area (Å²) in [5.74, 6) is 0.0426. The van der Waals surface area contributed by atoms with Crippen molar-refractivity contribution in [3.8, 4) is 11.3 Å². The average molecular weight is 470 g/mol. The summed E-state index contributed by atoms with van der Waals surface area (Å²) in [4.78, 5) is 33.8.